The number of halogens is 1. The summed E-state index contributed by atoms with van der Waals surface area (Å²) in [5.74, 6) is -0.146. The third kappa shape index (κ3) is 5.41. The van der Waals surface area contributed by atoms with Gasteiger partial charge in [-0.3, -0.25) is 4.79 Å². The fourth-order valence-corrected chi connectivity index (χ4v) is 5.45. The van der Waals surface area contributed by atoms with E-state index in [2.05, 4.69) is 15.6 Å². The number of hydrogen-bond acceptors (Lipinski definition) is 5. The van der Waals surface area contributed by atoms with Crippen LogP contribution in [-0.4, -0.2) is 40.2 Å². The van der Waals surface area contributed by atoms with Crippen molar-refractivity contribution in [1.29, 1.82) is 0 Å². The Morgan fingerprint density at radius 2 is 2.09 bits per heavy atom. The Hall–Kier alpha value is -2.19. The van der Waals surface area contributed by atoms with Gasteiger partial charge in [0, 0.05) is 28.2 Å². The van der Waals surface area contributed by atoms with Crippen LogP contribution >= 0.6 is 22.9 Å². The number of nitrogens with one attached hydrogen (secondary N) is 3. The molecule has 0 saturated carbocycles. The summed E-state index contributed by atoms with van der Waals surface area (Å²) in [7, 11) is 0. The zero-order valence-electron chi connectivity index (χ0n) is 18.2. The van der Waals surface area contributed by atoms with E-state index < -0.39 is 0 Å². The number of aliphatic hydroxyl groups is 1. The van der Waals surface area contributed by atoms with E-state index in [-0.39, 0.29) is 24.6 Å². The van der Waals surface area contributed by atoms with Gasteiger partial charge in [-0.15, -0.1) is 11.3 Å². The summed E-state index contributed by atoms with van der Waals surface area (Å²) >= 11 is 7.63. The number of carbonyl (C=O) groups is 1. The summed E-state index contributed by atoms with van der Waals surface area (Å²) in [5.41, 5.74) is 3.35. The van der Waals surface area contributed by atoms with Crippen LogP contribution in [0.3, 0.4) is 0 Å². The van der Waals surface area contributed by atoms with Gasteiger partial charge in [0.15, 0.2) is 0 Å². The molecule has 0 bridgehead atoms. The minimum Gasteiger partial charge on any atom is -0.396 e. The van der Waals surface area contributed by atoms with Gasteiger partial charge in [-0.25, -0.2) is 4.98 Å². The highest BCUT2D eigenvalue weighted by atomic mass is 35.5. The van der Waals surface area contributed by atoms with Gasteiger partial charge in [0.2, 0.25) is 0 Å². The van der Waals surface area contributed by atoms with Gasteiger partial charge in [0.1, 0.15) is 10.7 Å². The predicted octanol–water partition coefficient (Wildman–Crippen LogP) is 4.64. The molecular formula is C24H29ClN4O2S. The summed E-state index contributed by atoms with van der Waals surface area (Å²) in [4.78, 5) is 22.4. The fourth-order valence-electron chi connectivity index (χ4n) is 4.10. The number of aromatic nitrogens is 2. The molecule has 6 nitrogen and oxygen atoms in total. The molecule has 3 aromatic rings. The van der Waals surface area contributed by atoms with E-state index in [1.807, 2.05) is 43.3 Å². The van der Waals surface area contributed by atoms with E-state index in [1.54, 1.807) is 11.3 Å². The highest BCUT2D eigenvalue weighted by Crippen LogP contribution is 2.30. The third-order valence-corrected chi connectivity index (χ3v) is 7.41. The Labute approximate surface area is 197 Å². The summed E-state index contributed by atoms with van der Waals surface area (Å²) in [6.07, 6.45) is 4.80. The second-order valence-corrected chi connectivity index (χ2v) is 9.74. The maximum absolute atomic E-state index is 13.2. The van der Waals surface area contributed by atoms with Crippen molar-refractivity contribution in [3.05, 3.63) is 62.7 Å². The molecule has 1 fully saturated rings. The smallest absolute Gasteiger partial charge is 0.268 e. The van der Waals surface area contributed by atoms with Crippen LogP contribution in [0.4, 0.5) is 0 Å². The first kappa shape index (κ1) is 23.0. The van der Waals surface area contributed by atoms with E-state index in [1.165, 1.54) is 4.88 Å². The summed E-state index contributed by atoms with van der Waals surface area (Å²) in [6.45, 7) is 3.12. The van der Waals surface area contributed by atoms with Crippen molar-refractivity contribution < 1.29 is 9.90 Å². The summed E-state index contributed by atoms with van der Waals surface area (Å²) in [5, 5.41) is 17.6. The van der Waals surface area contributed by atoms with Crippen molar-refractivity contribution >= 4 is 28.8 Å². The largest absolute Gasteiger partial charge is 0.396 e. The van der Waals surface area contributed by atoms with Gasteiger partial charge < -0.3 is 20.7 Å². The van der Waals surface area contributed by atoms with Gasteiger partial charge in [-0.2, -0.15) is 0 Å². The molecule has 1 aliphatic rings. The first-order chi connectivity index (χ1) is 15.5. The molecule has 8 heteroatoms. The average molecular weight is 473 g/mol. The SMILES string of the molecule is Cc1nc([C@H](NC(=O)c2ccc(-c3ccc(Cl)cc3)[nH]2)[C@@H]2CCCCN2)sc1CCCO. The number of H-pyrrole nitrogens is 1. The lowest BCUT2D eigenvalue weighted by atomic mass is 9.98. The zero-order valence-corrected chi connectivity index (χ0v) is 19.7. The molecule has 4 rings (SSSR count). The van der Waals surface area contributed by atoms with Crippen LogP contribution in [0.15, 0.2) is 36.4 Å². The molecule has 4 N–H and O–H groups in total. The van der Waals surface area contributed by atoms with E-state index in [0.29, 0.717) is 10.7 Å². The van der Waals surface area contributed by atoms with E-state index in [9.17, 15) is 9.90 Å². The Kier molecular flexibility index (Phi) is 7.63. The normalized spacial score (nSPS) is 17.3. The van der Waals surface area contributed by atoms with Crippen LogP contribution in [0.25, 0.3) is 11.3 Å². The molecular weight excluding hydrogens is 444 g/mol. The quantitative estimate of drug-likeness (QED) is 0.384. The Morgan fingerprint density at radius 1 is 1.28 bits per heavy atom. The summed E-state index contributed by atoms with van der Waals surface area (Å²) in [6, 6.07) is 11.2. The highest BCUT2D eigenvalue weighted by molar-refractivity contribution is 7.11. The van der Waals surface area contributed by atoms with Crippen molar-refractivity contribution in [1.82, 2.24) is 20.6 Å². The second-order valence-electron chi connectivity index (χ2n) is 8.19. The average Bonchev–Trinajstić information content (AvgIpc) is 3.44. The molecule has 3 heterocycles. The number of rotatable bonds is 8. The molecule has 1 aliphatic heterocycles. The van der Waals surface area contributed by atoms with Gasteiger partial charge in [-0.1, -0.05) is 30.2 Å². The van der Waals surface area contributed by atoms with Gasteiger partial charge in [0.05, 0.1) is 11.7 Å². The molecule has 1 amide bonds. The van der Waals surface area contributed by atoms with Gasteiger partial charge in [-0.05, 0) is 69.0 Å². The van der Waals surface area contributed by atoms with Crippen molar-refractivity contribution in [2.45, 2.75) is 51.1 Å². The molecule has 0 spiro atoms. The lowest BCUT2D eigenvalue weighted by Crippen LogP contribution is -2.46. The lowest BCUT2D eigenvalue weighted by Gasteiger charge is -2.30. The van der Waals surface area contributed by atoms with Crippen LogP contribution < -0.4 is 10.6 Å². The maximum Gasteiger partial charge on any atom is 0.268 e. The standard InChI is InChI=1S/C24H29ClN4O2S/c1-15-21(6-4-14-30)32-24(27-15)22(19-5-2-3-13-26-19)29-23(31)20-12-11-18(28-20)16-7-9-17(25)10-8-16/h7-12,19,22,26,28,30H,2-6,13-14H2,1H3,(H,29,31)/t19-,22+/m0/s1. The van der Waals surface area contributed by atoms with Gasteiger partial charge in [0.25, 0.3) is 5.91 Å². The van der Waals surface area contributed by atoms with Crippen LogP contribution in [0.1, 0.15) is 57.8 Å². The number of nitrogens with zero attached hydrogens (tertiary/aromatic N) is 1. The van der Waals surface area contributed by atoms with Crippen molar-refractivity contribution in [2.75, 3.05) is 13.2 Å². The minimum absolute atomic E-state index is 0.146. The number of piperidine rings is 1. The molecule has 0 radical (unpaired) electrons. The Balaban J connectivity index is 1.54. The fraction of sp³-hybridized carbons (Fsp3) is 0.417. The first-order valence-electron chi connectivity index (χ1n) is 11.1. The molecule has 2 aromatic heterocycles. The van der Waals surface area contributed by atoms with E-state index in [4.69, 9.17) is 16.6 Å². The molecule has 32 heavy (non-hydrogen) atoms. The Morgan fingerprint density at radius 3 is 2.81 bits per heavy atom. The number of aliphatic hydroxyl groups excluding tert-OH is 1. The van der Waals surface area contributed by atoms with E-state index >= 15 is 0 Å². The molecule has 1 saturated heterocycles. The number of carbonyl (C=O) groups excluding carboxylic acids is 1. The number of benzene rings is 1. The summed E-state index contributed by atoms with van der Waals surface area (Å²) < 4.78 is 0. The minimum atomic E-state index is -0.198. The molecule has 2 atom stereocenters. The molecule has 0 aliphatic carbocycles. The predicted molar refractivity (Wildman–Crippen MR) is 129 cm³/mol. The van der Waals surface area contributed by atoms with Crippen molar-refractivity contribution in [2.24, 2.45) is 0 Å². The van der Waals surface area contributed by atoms with Crippen LogP contribution in [0.5, 0.6) is 0 Å². The third-order valence-electron chi connectivity index (χ3n) is 5.86. The highest BCUT2D eigenvalue weighted by Gasteiger charge is 2.30. The number of thiazole rings is 1. The van der Waals surface area contributed by atoms with Gasteiger partial charge >= 0.3 is 0 Å². The number of amides is 1. The van der Waals surface area contributed by atoms with Crippen LogP contribution in [-0.2, 0) is 6.42 Å². The zero-order chi connectivity index (χ0) is 22.5. The van der Waals surface area contributed by atoms with Crippen LogP contribution in [0.2, 0.25) is 5.02 Å². The van der Waals surface area contributed by atoms with Crippen LogP contribution in [0, 0.1) is 6.92 Å². The maximum atomic E-state index is 13.2. The monoisotopic (exact) mass is 472 g/mol. The number of aromatic amines is 1. The molecule has 1 aromatic carbocycles. The molecule has 170 valence electrons. The first-order valence-corrected chi connectivity index (χ1v) is 12.3. The lowest BCUT2D eigenvalue weighted by molar-refractivity contribution is 0.0918. The number of aryl methyl sites for hydroxylation is 2. The second kappa shape index (κ2) is 10.6. The topological polar surface area (TPSA) is 90.0 Å². The Bertz CT molecular complexity index is 1040. The van der Waals surface area contributed by atoms with E-state index in [0.717, 1.165) is 60.6 Å². The van der Waals surface area contributed by atoms with Crippen molar-refractivity contribution in [3.8, 4) is 11.3 Å². The number of hydrogen-bond donors (Lipinski definition) is 4. The molecule has 0 unspecified atom stereocenters. The van der Waals surface area contributed by atoms with Crippen molar-refractivity contribution in [3.63, 3.8) is 0 Å².